The number of aromatic nitrogens is 4. The van der Waals surface area contributed by atoms with Crippen LogP contribution in [0.2, 0.25) is 5.15 Å². The summed E-state index contributed by atoms with van der Waals surface area (Å²) in [5.74, 6) is 0.429. The summed E-state index contributed by atoms with van der Waals surface area (Å²) < 4.78 is 34.4. The molecule has 1 saturated heterocycles. The number of aryl methyl sites for hydroxylation is 1. The monoisotopic (exact) mass is 447 g/mol. The van der Waals surface area contributed by atoms with Gasteiger partial charge in [-0.2, -0.15) is 0 Å². The Bertz CT molecular complexity index is 996. The van der Waals surface area contributed by atoms with Gasteiger partial charge in [-0.3, -0.25) is 0 Å². The van der Waals surface area contributed by atoms with Gasteiger partial charge in [-0.1, -0.05) is 11.6 Å². The summed E-state index contributed by atoms with van der Waals surface area (Å²) in [5, 5.41) is 0.393. The number of nitrogens with one attached hydrogen (secondary N) is 1. The lowest BCUT2D eigenvalue weighted by Gasteiger charge is -2.32. The molecule has 9 heteroatoms. The van der Waals surface area contributed by atoms with Gasteiger partial charge >= 0.3 is 0 Å². The summed E-state index contributed by atoms with van der Waals surface area (Å²) in [6, 6.07) is 2.42. The van der Waals surface area contributed by atoms with Crippen LogP contribution < -0.4 is 9.64 Å². The van der Waals surface area contributed by atoms with Crippen LogP contribution in [0.25, 0.3) is 11.4 Å². The molecular weight excluding hydrogens is 424 g/mol. The molecule has 4 rings (SSSR count). The average Bonchev–Trinajstić information content (AvgIpc) is 3.17. The average molecular weight is 448 g/mol. The molecule has 164 valence electrons. The van der Waals surface area contributed by atoms with Gasteiger partial charge in [0.15, 0.2) is 0 Å². The zero-order valence-corrected chi connectivity index (χ0v) is 18.0. The van der Waals surface area contributed by atoms with E-state index in [1.54, 1.807) is 19.3 Å². The van der Waals surface area contributed by atoms with E-state index in [2.05, 4.69) is 24.8 Å². The molecule has 0 spiro atoms. The molecule has 0 atom stereocenters. The molecule has 0 radical (unpaired) electrons. The second-order valence-corrected chi connectivity index (χ2v) is 8.18. The molecule has 1 aliphatic rings. The van der Waals surface area contributed by atoms with Crippen LogP contribution in [0.3, 0.4) is 0 Å². The van der Waals surface area contributed by atoms with Gasteiger partial charge < -0.3 is 14.6 Å². The van der Waals surface area contributed by atoms with E-state index in [-0.39, 0.29) is 17.1 Å². The first-order valence-corrected chi connectivity index (χ1v) is 10.7. The first kappa shape index (κ1) is 21.5. The van der Waals surface area contributed by atoms with Crippen molar-refractivity contribution in [1.82, 2.24) is 19.9 Å². The summed E-state index contributed by atoms with van der Waals surface area (Å²) in [7, 11) is 0. The highest BCUT2D eigenvalue weighted by Crippen LogP contribution is 2.29. The third-order valence-corrected chi connectivity index (χ3v) is 5.72. The second-order valence-electron chi connectivity index (χ2n) is 7.80. The van der Waals surface area contributed by atoms with Gasteiger partial charge in [0.25, 0.3) is 0 Å². The van der Waals surface area contributed by atoms with Crippen molar-refractivity contribution in [2.24, 2.45) is 5.92 Å². The van der Waals surface area contributed by atoms with Crippen molar-refractivity contribution in [3.8, 4) is 17.1 Å². The minimum Gasteiger partial charge on any atom is -0.493 e. The highest BCUT2D eigenvalue weighted by Gasteiger charge is 2.20. The smallest absolute Gasteiger partial charge is 0.147 e. The third kappa shape index (κ3) is 5.31. The molecule has 2 aromatic heterocycles. The van der Waals surface area contributed by atoms with Crippen LogP contribution in [0.15, 0.2) is 30.7 Å². The molecule has 0 amide bonds. The zero-order valence-electron chi connectivity index (χ0n) is 17.2. The standard InChI is InChI=1S/C22H24ClF2N5O/c1-14-11-28-22(29-14)21-17(24)9-16(10-18(21)25)31-8-2-3-15-4-6-30(7-5-15)20-13-26-19(23)12-27-20/h9-13,15H,2-8H2,1H3,(H,28,29). The van der Waals surface area contributed by atoms with Crippen LogP contribution in [0.5, 0.6) is 5.75 Å². The van der Waals surface area contributed by atoms with Crippen molar-refractivity contribution in [3.63, 3.8) is 0 Å². The molecule has 3 heterocycles. The Hall–Kier alpha value is -2.74. The van der Waals surface area contributed by atoms with Crippen LogP contribution >= 0.6 is 11.6 Å². The van der Waals surface area contributed by atoms with E-state index >= 15 is 0 Å². The molecule has 1 N–H and O–H groups in total. The number of halogens is 3. The lowest BCUT2D eigenvalue weighted by atomic mass is 9.92. The van der Waals surface area contributed by atoms with E-state index < -0.39 is 11.6 Å². The number of imidazole rings is 1. The topological polar surface area (TPSA) is 66.9 Å². The molecule has 1 fully saturated rings. The summed E-state index contributed by atoms with van der Waals surface area (Å²) in [6.45, 7) is 4.04. The number of benzene rings is 1. The number of rotatable bonds is 7. The van der Waals surface area contributed by atoms with Crippen molar-refractivity contribution in [2.75, 3.05) is 24.6 Å². The Balaban J connectivity index is 1.23. The SMILES string of the molecule is Cc1cnc(-c2c(F)cc(OCCCC3CCN(c4cnc(Cl)cn4)CC3)cc2F)[nH]1. The molecule has 3 aromatic rings. The Kier molecular flexibility index (Phi) is 6.65. The van der Waals surface area contributed by atoms with E-state index in [0.29, 0.717) is 17.7 Å². The van der Waals surface area contributed by atoms with Gasteiger partial charge in [-0.25, -0.2) is 23.7 Å². The molecule has 1 aromatic carbocycles. The summed E-state index contributed by atoms with van der Waals surface area (Å²) in [4.78, 5) is 17.5. The maximum Gasteiger partial charge on any atom is 0.147 e. The summed E-state index contributed by atoms with van der Waals surface area (Å²) in [6.07, 6.45) is 8.76. The molecule has 0 unspecified atom stereocenters. The van der Waals surface area contributed by atoms with Gasteiger partial charge in [-0.15, -0.1) is 0 Å². The minimum atomic E-state index is -0.693. The predicted octanol–water partition coefficient (Wildman–Crippen LogP) is 5.18. The van der Waals surface area contributed by atoms with Crippen LogP contribution in [0.4, 0.5) is 14.6 Å². The molecular formula is C22H24ClF2N5O. The molecule has 31 heavy (non-hydrogen) atoms. The highest BCUT2D eigenvalue weighted by molar-refractivity contribution is 6.29. The van der Waals surface area contributed by atoms with Crippen LogP contribution in [0.1, 0.15) is 31.4 Å². The van der Waals surface area contributed by atoms with Gasteiger partial charge in [0.2, 0.25) is 0 Å². The highest BCUT2D eigenvalue weighted by atomic mass is 35.5. The minimum absolute atomic E-state index is 0.169. The quantitative estimate of drug-likeness (QED) is 0.505. The molecule has 0 saturated carbocycles. The number of piperidine rings is 1. The fourth-order valence-electron chi connectivity index (χ4n) is 3.88. The largest absolute Gasteiger partial charge is 0.493 e. The number of hydrogen-bond donors (Lipinski definition) is 1. The van der Waals surface area contributed by atoms with Crippen LogP contribution in [0, 0.1) is 24.5 Å². The van der Waals surface area contributed by atoms with Crippen molar-refractivity contribution >= 4 is 17.4 Å². The number of ether oxygens (including phenoxy) is 1. The van der Waals surface area contributed by atoms with Gasteiger partial charge in [0.05, 0.1) is 24.6 Å². The van der Waals surface area contributed by atoms with E-state index in [9.17, 15) is 8.78 Å². The van der Waals surface area contributed by atoms with Crippen LogP contribution in [-0.2, 0) is 0 Å². The normalized spacial score (nSPS) is 14.8. The van der Waals surface area contributed by atoms with Crippen LogP contribution in [-0.4, -0.2) is 39.6 Å². The van der Waals surface area contributed by atoms with Gasteiger partial charge in [0, 0.05) is 37.1 Å². The van der Waals surface area contributed by atoms with E-state index in [0.717, 1.165) is 50.3 Å². The zero-order chi connectivity index (χ0) is 21.8. The van der Waals surface area contributed by atoms with E-state index in [4.69, 9.17) is 16.3 Å². The van der Waals surface area contributed by atoms with Gasteiger partial charge in [0.1, 0.15) is 34.2 Å². The Morgan fingerprint density at radius 1 is 1.10 bits per heavy atom. The molecule has 6 nitrogen and oxygen atoms in total. The third-order valence-electron chi connectivity index (χ3n) is 5.53. The van der Waals surface area contributed by atoms with Gasteiger partial charge in [-0.05, 0) is 38.5 Å². The summed E-state index contributed by atoms with van der Waals surface area (Å²) in [5.41, 5.74) is 0.568. The summed E-state index contributed by atoms with van der Waals surface area (Å²) >= 11 is 5.79. The Labute approximate surface area is 184 Å². The van der Waals surface area contributed by atoms with E-state index in [1.165, 1.54) is 18.3 Å². The number of hydrogen-bond acceptors (Lipinski definition) is 5. The number of anilines is 1. The Morgan fingerprint density at radius 3 is 2.45 bits per heavy atom. The second kappa shape index (κ2) is 9.60. The Morgan fingerprint density at radius 2 is 1.84 bits per heavy atom. The van der Waals surface area contributed by atoms with E-state index in [1.807, 2.05) is 0 Å². The molecule has 0 aliphatic carbocycles. The van der Waals surface area contributed by atoms with Crippen molar-refractivity contribution in [3.05, 3.63) is 53.2 Å². The maximum atomic E-state index is 14.4. The number of H-pyrrole nitrogens is 1. The first-order valence-electron chi connectivity index (χ1n) is 10.4. The van der Waals surface area contributed by atoms with Crippen molar-refractivity contribution < 1.29 is 13.5 Å². The fraction of sp³-hybridized carbons (Fsp3) is 0.409. The molecule has 1 aliphatic heterocycles. The number of nitrogens with zero attached hydrogens (tertiary/aromatic N) is 4. The maximum absolute atomic E-state index is 14.4. The first-order chi connectivity index (χ1) is 15.0. The predicted molar refractivity (Wildman–Crippen MR) is 115 cm³/mol. The number of aromatic amines is 1. The molecule has 0 bridgehead atoms. The lowest BCUT2D eigenvalue weighted by Crippen LogP contribution is -2.34. The fourth-order valence-corrected chi connectivity index (χ4v) is 3.98. The van der Waals surface area contributed by atoms with Crippen molar-refractivity contribution in [2.45, 2.75) is 32.6 Å². The van der Waals surface area contributed by atoms with Crippen molar-refractivity contribution in [1.29, 1.82) is 0 Å². The lowest BCUT2D eigenvalue weighted by molar-refractivity contribution is 0.277.